The number of rotatable bonds is 1. The highest BCUT2D eigenvalue weighted by Crippen LogP contribution is 2.28. The van der Waals surface area contributed by atoms with Gasteiger partial charge in [-0.1, -0.05) is 18.2 Å². The molecular formula is C12H13NO. The summed E-state index contributed by atoms with van der Waals surface area (Å²) in [5.74, 6) is 0.810. The van der Waals surface area contributed by atoms with Crippen molar-refractivity contribution in [1.29, 1.82) is 0 Å². The van der Waals surface area contributed by atoms with E-state index in [0.29, 0.717) is 0 Å². The lowest BCUT2D eigenvalue weighted by Crippen LogP contribution is -1.91. The van der Waals surface area contributed by atoms with Gasteiger partial charge in [0, 0.05) is 17.1 Å². The van der Waals surface area contributed by atoms with E-state index in [2.05, 4.69) is 13.0 Å². The molecule has 2 aromatic carbocycles. The third-order valence-electron chi connectivity index (χ3n) is 2.46. The van der Waals surface area contributed by atoms with Crippen molar-refractivity contribution in [3.8, 4) is 5.75 Å². The molecule has 0 heterocycles. The van der Waals surface area contributed by atoms with Crippen LogP contribution in [0.5, 0.6) is 5.75 Å². The Morgan fingerprint density at radius 2 is 1.93 bits per heavy atom. The van der Waals surface area contributed by atoms with Crippen molar-refractivity contribution in [3.05, 3.63) is 35.9 Å². The lowest BCUT2D eigenvalue weighted by Gasteiger charge is -2.07. The fraction of sp³-hybridized carbons (Fsp3) is 0.167. The van der Waals surface area contributed by atoms with Gasteiger partial charge in [0.05, 0.1) is 7.11 Å². The first-order valence-electron chi connectivity index (χ1n) is 4.55. The summed E-state index contributed by atoms with van der Waals surface area (Å²) in [4.78, 5) is 0. The number of nitrogen functional groups attached to an aromatic ring is 1. The second kappa shape index (κ2) is 3.22. The first-order valence-corrected chi connectivity index (χ1v) is 4.55. The third kappa shape index (κ3) is 1.29. The maximum Gasteiger partial charge on any atom is 0.121 e. The van der Waals surface area contributed by atoms with Gasteiger partial charge in [-0.3, -0.25) is 0 Å². The minimum absolute atomic E-state index is 0.767. The smallest absolute Gasteiger partial charge is 0.121 e. The van der Waals surface area contributed by atoms with Crippen molar-refractivity contribution in [2.45, 2.75) is 6.92 Å². The van der Waals surface area contributed by atoms with Gasteiger partial charge in [0.15, 0.2) is 0 Å². The quantitative estimate of drug-likeness (QED) is 0.697. The summed E-state index contributed by atoms with van der Waals surface area (Å²) in [6.07, 6.45) is 0. The topological polar surface area (TPSA) is 35.2 Å². The number of nitrogens with two attached hydrogens (primary N) is 1. The number of hydrogen-bond donors (Lipinski definition) is 1. The highest BCUT2D eigenvalue weighted by molar-refractivity contribution is 5.96. The van der Waals surface area contributed by atoms with Gasteiger partial charge in [0.2, 0.25) is 0 Å². The molecule has 0 saturated heterocycles. The van der Waals surface area contributed by atoms with E-state index < -0.39 is 0 Å². The molecule has 2 aromatic rings. The molecule has 72 valence electrons. The van der Waals surface area contributed by atoms with E-state index >= 15 is 0 Å². The van der Waals surface area contributed by atoms with Gasteiger partial charge in [-0.15, -0.1) is 0 Å². The van der Waals surface area contributed by atoms with Crippen LogP contribution >= 0.6 is 0 Å². The number of benzene rings is 2. The van der Waals surface area contributed by atoms with Crippen LogP contribution in [-0.4, -0.2) is 7.11 Å². The normalized spacial score (nSPS) is 10.4. The molecule has 2 nitrogen and oxygen atoms in total. The number of hydrogen-bond acceptors (Lipinski definition) is 2. The van der Waals surface area contributed by atoms with Gasteiger partial charge in [-0.2, -0.15) is 0 Å². The highest BCUT2D eigenvalue weighted by Gasteiger charge is 2.02. The van der Waals surface area contributed by atoms with E-state index in [1.54, 1.807) is 7.11 Å². The van der Waals surface area contributed by atoms with Gasteiger partial charge in [-0.25, -0.2) is 0 Å². The molecule has 0 bridgehead atoms. The largest absolute Gasteiger partial charge is 0.497 e. The summed E-state index contributed by atoms with van der Waals surface area (Å²) < 4.78 is 5.18. The van der Waals surface area contributed by atoms with E-state index in [1.807, 2.05) is 24.3 Å². The van der Waals surface area contributed by atoms with Crippen LogP contribution in [0.1, 0.15) is 5.56 Å². The maximum atomic E-state index is 5.92. The van der Waals surface area contributed by atoms with E-state index in [0.717, 1.165) is 22.2 Å². The molecule has 0 aliphatic carbocycles. The molecule has 0 radical (unpaired) electrons. The monoisotopic (exact) mass is 187 g/mol. The molecule has 0 aromatic heterocycles. The number of fused-ring (bicyclic) bond motifs is 1. The molecule has 2 N–H and O–H groups in total. The van der Waals surface area contributed by atoms with Gasteiger partial charge >= 0.3 is 0 Å². The Bertz CT molecular complexity index is 477. The molecule has 0 amide bonds. The van der Waals surface area contributed by atoms with E-state index in [-0.39, 0.29) is 0 Å². The Balaban J connectivity index is 2.83. The van der Waals surface area contributed by atoms with Crippen molar-refractivity contribution in [2.24, 2.45) is 0 Å². The predicted molar refractivity (Wildman–Crippen MR) is 59.6 cm³/mol. The molecule has 0 unspecified atom stereocenters. The number of aryl methyl sites for hydroxylation is 1. The fourth-order valence-corrected chi connectivity index (χ4v) is 1.66. The van der Waals surface area contributed by atoms with Crippen LogP contribution in [0, 0.1) is 6.92 Å². The minimum Gasteiger partial charge on any atom is -0.497 e. The molecule has 0 atom stereocenters. The summed E-state index contributed by atoms with van der Waals surface area (Å²) in [5, 5.41) is 2.25. The van der Waals surface area contributed by atoms with E-state index in [9.17, 15) is 0 Å². The van der Waals surface area contributed by atoms with Crippen molar-refractivity contribution < 1.29 is 4.74 Å². The molecule has 14 heavy (non-hydrogen) atoms. The third-order valence-corrected chi connectivity index (χ3v) is 2.46. The summed E-state index contributed by atoms with van der Waals surface area (Å²) in [7, 11) is 1.65. The Labute approximate surface area is 83.3 Å². The summed E-state index contributed by atoms with van der Waals surface area (Å²) in [6.45, 7) is 2.07. The summed E-state index contributed by atoms with van der Waals surface area (Å²) in [6, 6.07) is 9.97. The number of anilines is 1. The first-order chi connectivity index (χ1) is 6.72. The Kier molecular flexibility index (Phi) is 2.04. The SMILES string of the molecule is COc1cc(N)c2cccc(C)c2c1. The zero-order valence-electron chi connectivity index (χ0n) is 8.37. The Morgan fingerprint density at radius 1 is 1.14 bits per heavy atom. The van der Waals surface area contributed by atoms with Crippen LogP contribution < -0.4 is 10.5 Å². The predicted octanol–water partition coefficient (Wildman–Crippen LogP) is 2.74. The van der Waals surface area contributed by atoms with Gasteiger partial charge in [0.1, 0.15) is 5.75 Å². The molecule has 0 aliphatic rings. The fourth-order valence-electron chi connectivity index (χ4n) is 1.66. The van der Waals surface area contributed by atoms with E-state index in [4.69, 9.17) is 10.5 Å². The molecule has 0 saturated carbocycles. The first kappa shape index (κ1) is 8.88. The van der Waals surface area contributed by atoms with Crippen LogP contribution in [0.4, 0.5) is 5.69 Å². The van der Waals surface area contributed by atoms with Crippen LogP contribution in [0.3, 0.4) is 0 Å². The van der Waals surface area contributed by atoms with Crippen LogP contribution in [-0.2, 0) is 0 Å². The maximum absolute atomic E-state index is 5.92. The van der Waals surface area contributed by atoms with Crippen LogP contribution in [0.2, 0.25) is 0 Å². The lowest BCUT2D eigenvalue weighted by molar-refractivity contribution is 0.415. The lowest BCUT2D eigenvalue weighted by atomic mass is 10.0. The van der Waals surface area contributed by atoms with E-state index in [1.165, 1.54) is 5.56 Å². The zero-order chi connectivity index (χ0) is 10.1. The van der Waals surface area contributed by atoms with Gasteiger partial charge < -0.3 is 10.5 Å². The molecule has 0 aliphatic heterocycles. The zero-order valence-corrected chi connectivity index (χ0v) is 8.37. The molecular weight excluding hydrogens is 174 g/mol. The van der Waals surface area contributed by atoms with Crippen LogP contribution in [0.15, 0.2) is 30.3 Å². The molecule has 0 spiro atoms. The standard InChI is InChI=1S/C12H13NO/c1-8-4-3-5-10-11(8)6-9(14-2)7-12(10)13/h3-7H,13H2,1-2H3. The molecule has 2 heteroatoms. The second-order valence-electron chi connectivity index (χ2n) is 3.39. The minimum atomic E-state index is 0.767. The van der Waals surface area contributed by atoms with Crippen LogP contribution in [0.25, 0.3) is 10.8 Å². The summed E-state index contributed by atoms with van der Waals surface area (Å²) >= 11 is 0. The average molecular weight is 187 g/mol. The van der Waals surface area contributed by atoms with Crippen molar-refractivity contribution in [2.75, 3.05) is 12.8 Å². The van der Waals surface area contributed by atoms with Gasteiger partial charge in [-0.05, 0) is 23.9 Å². The summed E-state index contributed by atoms with van der Waals surface area (Å²) in [5.41, 5.74) is 7.90. The highest BCUT2D eigenvalue weighted by atomic mass is 16.5. The van der Waals surface area contributed by atoms with Gasteiger partial charge in [0.25, 0.3) is 0 Å². The molecule has 0 fully saturated rings. The Morgan fingerprint density at radius 3 is 2.64 bits per heavy atom. The average Bonchev–Trinajstić information content (AvgIpc) is 2.19. The number of methoxy groups -OCH3 is 1. The molecule has 2 rings (SSSR count). The Hall–Kier alpha value is -1.70. The second-order valence-corrected chi connectivity index (χ2v) is 3.39. The van der Waals surface area contributed by atoms with Crippen molar-refractivity contribution >= 4 is 16.5 Å². The van der Waals surface area contributed by atoms with Crippen molar-refractivity contribution in [3.63, 3.8) is 0 Å². The number of ether oxygens (including phenoxy) is 1. The van der Waals surface area contributed by atoms with Crippen molar-refractivity contribution in [1.82, 2.24) is 0 Å².